The van der Waals surface area contributed by atoms with Crippen LogP contribution in [0.2, 0.25) is 10.0 Å². The van der Waals surface area contributed by atoms with Crippen LogP contribution >= 0.6 is 23.2 Å². The van der Waals surface area contributed by atoms with Crippen LogP contribution in [0.15, 0.2) is 18.2 Å². The molecule has 1 atom stereocenters. The van der Waals surface area contributed by atoms with Crippen LogP contribution in [0, 0.1) is 0 Å². The maximum absolute atomic E-state index is 6.36. The fraction of sp³-hybridized carbons (Fsp3) is 0.667. The Morgan fingerprint density at radius 3 is 2.14 bits per heavy atom. The van der Waals surface area contributed by atoms with Gasteiger partial charge in [-0.1, -0.05) is 81.6 Å². The fourth-order valence-corrected chi connectivity index (χ4v) is 3.30. The van der Waals surface area contributed by atoms with Crippen LogP contribution in [-0.2, 0) is 0 Å². The zero-order valence-corrected chi connectivity index (χ0v) is 14.9. The molecule has 1 aromatic rings. The molecule has 0 heterocycles. The lowest BCUT2D eigenvalue weighted by atomic mass is 9.99. The Morgan fingerprint density at radius 1 is 0.905 bits per heavy atom. The molecule has 1 aromatic carbocycles. The highest BCUT2D eigenvalue weighted by Crippen LogP contribution is 2.33. The molecule has 3 heteroatoms. The largest absolute Gasteiger partial charge is 0.310 e. The van der Waals surface area contributed by atoms with E-state index in [1.165, 1.54) is 38.5 Å². The van der Waals surface area contributed by atoms with E-state index in [1.807, 2.05) is 18.2 Å². The molecule has 0 bridgehead atoms. The molecule has 120 valence electrons. The van der Waals surface area contributed by atoms with E-state index in [0.717, 1.165) is 35.0 Å². The lowest BCUT2D eigenvalue weighted by Crippen LogP contribution is -2.22. The molecule has 0 aliphatic heterocycles. The Bertz CT molecular complexity index is 373. The summed E-state index contributed by atoms with van der Waals surface area (Å²) in [4.78, 5) is 0. The normalized spacial score (nSPS) is 12.6. The highest BCUT2D eigenvalue weighted by atomic mass is 35.5. The molecule has 21 heavy (non-hydrogen) atoms. The molecule has 1 rings (SSSR count). The van der Waals surface area contributed by atoms with Gasteiger partial charge >= 0.3 is 0 Å². The van der Waals surface area contributed by atoms with Gasteiger partial charge in [-0.3, -0.25) is 0 Å². The second kappa shape index (κ2) is 11.3. The van der Waals surface area contributed by atoms with E-state index < -0.39 is 0 Å². The molecule has 0 aromatic heterocycles. The molecule has 0 saturated heterocycles. The molecule has 0 saturated carbocycles. The number of rotatable bonds is 11. The van der Waals surface area contributed by atoms with Crippen molar-refractivity contribution in [3.63, 3.8) is 0 Å². The van der Waals surface area contributed by atoms with Gasteiger partial charge in [0.15, 0.2) is 0 Å². The smallest absolute Gasteiger partial charge is 0.0468 e. The minimum Gasteiger partial charge on any atom is -0.310 e. The lowest BCUT2D eigenvalue weighted by Gasteiger charge is -2.21. The van der Waals surface area contributed by atoms with Gasteiger partial charge in [-0.15, -0.1) is 0 Å². The van der Waals surface area contributed by atoms with Gasteiger partial charge in [-0.25, -0.2) is 0 Å². The van der Waals surface area contributed by atoms with Crippen molar-refractivity contribution in [2.45, 2.75) is 71.3 Å². The third-order valence-electron chi connectivity index (χ3n) is 3.84. The molecule has 0 radical (unpaired) electrons. The second-order valence-electron chi connectivity index (χ2n) is 5.70. The lowest BCUT2D eigenvalue weighted by molar-refractivity contribution is 0.467. The van der Waals surface area contributed by atoms with Crippen molar-refractivity contribution >= 4 is 23.2 Å². The topological polar surface area (TPSA) is 12.0 Å². The van der Waals surface area contributed by atoms with Gasteiger partial charge < -0.3 is 5.32 Å². The van der Waals surface area contributed by atoms with E-state index in [4.69, 9.17) is 23.2 Å². The Balaban J connectivity index is 2.55. The minimum absolute atomic E-state index is 0.275. The van der Waals surface area contributed by atoms with Gasteiger partial charge in [0.1, 0.15) is 0 Å². The molecule has 0 amide bonds. The van der Waals surface area contributed by atoms with Crippen molar-refractivity contribution in [2.75, 3.05) is 6.54 Å². The first-order valence-corrected chi connectivity index (χ1v) is 9.13. The van der Waals surface area contributed by atoms with E-state index in [0.29, 0.717) is 0 Å². The van der Waals surface area contributed by atoms with Crippen LogP contribution in [0.1, 0.15) is 76.8 Å². The highest BCUT2D eigenvalue weighted by Gasteiger charge is 2.16. The highest BCUT2D eigenvalue weighted by molar-refractivity contribution is 6.36. The predicted octanol–water partition coefficient (Wildman–Crippen LogP) is 6.78. The van der Waals surface area contributed by atoms with Crippen molar-refractivity contribution in [1.82, 2.24) is 5.32 Å². The van der Waals surface area contributed by atoms with E-state index in [9.17, 15) is 0 Å². The van der Waals surface area contributed by atoms with E-state index in [1.54, 1.807) is 0 Å². The zero-order valence-electron chi connectivity index (χ0n) is 13.4. The first-order chi connectivity index (χ1) is 10.2. The van der Waals surface area contributed by atoms with Crippen LogP contribution in [0.5, 0.6) is 0 Å². The standard InChI is InChI=1S/C18H29Cl2N/c1-3-5-6-7-8-9-13-17(21-14-4-2)18-15(19)11-10-12-16(18)20/h10-12,17,21H,3-9,13-14H2,1-2H3. The van der Waals surface area contributed by atoms with Crippen LogP contribution in [0.25, 0.3) is 0 Å². The van der Waals surface area contributed by atoms with Crippen molar-refractivity contribution in [2.24, 2.45) is 0 Å². The average Bonchev–Trinajstić information content (AvgIpc) is 2.47. The average molecular weight is 330 g/mol. The maximum atomic E-state index is 6.36. The maximum Gasteiger partial charge on any atom is 0.0468 e. The second-order valence-corrected chi connectivity index (χ2v) is 6.51. The van der Waals surface area contributed by atoms with Crippen molar-refractivity contribution in [3.05, 3.63) is 33.8 Å². The summed E-state index contributed by atoms with van der Waals surface area (Å²) in [5.41, 5.74) is 1.07. The summed E-state index contributed by atoms with van der Waals surface area (Å²) in [6.07, 6.45) is 10.1. The molecule has 1 unspecified atom stereocenters. The summed E-state index contributed by atoms with van der Waals surface area (Å²) < 4.78 is 0. The summed E-state index contributed by atoms with van der Waals surface area (Å²) in [6, 6.07) is 6.06. The third kappa shape index (κ3) is 7.04. The third-order valence-corrected chi connectivity index (χ3v) is 4.49. The SMILES string of the molecule is CCCCCCCCC(NCCC)c1c(Cl)cccc1Cl. The number of hydrogen-bond acceptors (Lipinski definition) is 1. The minimum atomic E-state index is 0.275. The molecular formula is C18H29Cl2N. The molecule has 0 aliphatic rings. The van der Waals surface area contributed by atoms with Crippen LogP contribution in [0.4, 0.5) is 0 Å². The van der Waals surface area contributed by atoms with Gasteiger partial charge in [-0.05, 0) is 31.5 Å². The summed E-state index contributed by atoms with van der Waals surface area (Å²) in [7, 11) is 0. The Labute approximate surface area is 140 Å². The van der Waals surface area contributed by atoms with Gasteiger partial charge in [0.2, 0.25) is 0 Å². The molecule has 0 spiro atoms. The Kier molecular flexibility index (Phi) is 10.2. The van der Waals surface area contributed by atoms with Crippen LogP contribution in [0.3, 0.4) is 0 Å². The number of hydrogen-bond donors (Lipinski definition) is 1. The predicted molar refractivity (Wildman–Crippen MR) is 95.5 cm³/mol. The molecular weight excluding hydrogens is 301 g/mol. The summed E-state index contributed by atoms with van der Waals surface area (Å²) in [5.74, 6) is 0. The Hall–Kier alpha value is -0.240. The monoisotopic (exact) mass is 329 g/mol. The summed E-state index contributed by atoms with van der Waals surface area (Å²) in [5, 5.41) is 5.16. The van der Waals surface area contributed by atoms with Gasteiger partial charge in [0.05, 0.1) is 0 Å². The summed E-state index contributed by atoms with van der Waals surface area (Å²) in [6.45, 7) is 5.44. The van der Waals surface area contributed by atoms with E-state index in [-0.39, 0.29) is 6.04 Å². The fourth-order valence-electron chi connectivity index (χ4n) is 2.64. The number of halogens is 2. The molecule has 1 N–H and O–H groups in total. The van der Waals surface area contributed by atoms with Gasteiger partial charge in [0.25, 0.3) is 0 Å². The van der Waals surface area contributed by atoms with Crippen molar-refractivity contribution in [1.29, 1.82) is 0 Å². The van der Waals surface area contributed by atoms with Crippen LogP contribution < -0.4 is 5.32 Å². The number of nitrogens with one attached hydrogen (secondary N) is 1. The van der Waals surface area contributed by atoms with Crippen LogP contribution in [-0.4, -0.2) is 6.54 Å². The Morgan fingerprint density at radius 2 is 1.52 bits per heavy atom. The van der Waals surface area contributed by atoms with E-state index >= 15 is 0 Å². The van der Waals surface area contributed by atoms with Crippen molar-refractivity contribution < 1.29 is 0 Å². The quantitative estimate of drug-likeness (QED) is 0.441. The first kappa shape index (κ1) is 18.8. The van der Waals surface area contributed by atoms with Gasteiger partial charge in [0, 0.05) is 21.7 Å². The first-order valence-electron chi connectivity index (χ1n) is 8.38. The summed E-state index contributed by atoms with van der Waals surface area (Å²) >= 11 is 12.7. The zero-order chi connectivity index (χ0) is 15.5. The van der Waals surface area contributed by atoms with E-state index in [2.05, 4.69) is 19.2 Å². The molecule has 0 aliphatic carbocycles. The number of unbranched alkanes of at least 4 members (excludes halogenated alkanes) is 5. The number of benzene rings is 1. The van der Waals surface area contributed by atoms with Crippen molar-refractivity contribution in [3.8, 4) is 0 Å². The van der Waals surface area contributed by atoms with Gasteiger partial charge in [-0.2, -0.15) is 0 Å². The molecule has 1 nitrogen and oxygen atoms in total. The molecule has 0 fully saturated rings.